The number of esters is 1. The van der Waals surface area contributed by atoms with Crippen LogP contribution in [0.1, 0.15) is 33.6 Å². The molecule has 1 heterocycles. The normalized spacial score (nSPS) is 21.1. The monoisotopic (exact) mass is 311 g/mol. The molecule has 0 spiro atoms. The van der Waals surface area contributed by atoms with Crippen LogP contribution in [-0.4, -0.2) is 39.8 Å². The quantitative estimate of drug-likeness (QED) is 0.393. The molecular weight excluding hydrogens is 286 g/mol. The molecular formula is C16H25NO3S. The first kappa shape index (κ1) is 18.0. The molecule has 0 unspecified atom stereocenters. The van der Waals surface area contributed by atoms with Crippen molar-refractivity contribution in [2.24, 2.45) is 0 Å². The summed E-state index contributed by atoms with van der Waals surface area (Å²) in [7, 11) is 0. The minimum absolute atomic E-state index is 0.266. The highest BCUT2D eigenvalue weighted by molar-refractivity contribution is 7.89. The number of unbranched alkanes of at least 4 members (excludes halogenated alkanes) is 1. The van der Waals surface area contributed by atoms with Crippen molar-refractivity contribution in [2.75, 3.05) is 18.9 Å². The predicted octanol–water partition coefficient (Wildman–Crippen LogP) is 2.76. The number of allylic oxidation sites excluding steroid dienone is 3. The van der Waals surface area contributed by atoms with Gasteiger partial charge in [0.1, 0.15) is 11.8 Å². The average Bonchev–Trinajstić information content (AvgIpc) is 2.89. The van der Waals surface area contributed by atoms with Gasteiger partial charge in [0.2, 0.25) is 0 Å². The van der Waals surface area contributed by atoms with Crippen molar-refractivity contribution >= 4 is 17.3 Å². The molecule has 4 nitrogen and oxygen atoms in total. The van der Waals surface area contributed by atoms with E-state index in [9.17, 15) is 9.35 Å². The van der Waals surface area contributed by atoms with E-state index in [0.29, 0.717) is 24.5 Å². The molecule has 0 bridgehead atoms. The molecule has 0 aromatic rings. The lowest BCUT2D eigenvalue weighted by Crippen LogP contribution is -2.39. The minimum Gasteiger partial charge on any atom is -0.598 e. The summed E-state index contributed by atoms with van der Waals surface area (Å²) in [4.78, 5) is 12.0. The molecule has 0 aliphatic carbocycles. The summed E-state index contributed by atoms with van der Waals surface area (Å²) in [5.41, 5.74) is 0.586. The van der Waals surface area contributed by atoms with Crippen LogP contribution in [0.25, 0.3) is 0 Å². The lowest BCUT2D eigenvalue weighted by molar-refractivity contribution is -0.138. The van der Waals surface area contributed by atoms with Gasteiger partial charge in [0, 0.05) is 11.4 Å². The van der Waals surface area contributed by atoms with E-state index in [1.54, 1.807) is 6.92 Å². The topological polar surface area (TPSA) is 52.6 Å². The van der Waals surface area contributed by atoms with Crippen molar-refractivity contribution in [1.82, 2.24) is 4.31 Å². The van der Waals surface area contributed by atoms with Crippen molar-refractivity contribution in [3.05, 3.63) is 36.0 Å². The maximum absolute atomic E-state index is 12.4. The largest absolute Gasteiger partial charge is 0.598 e. The Hall–Kier alpha value is -1.04. The SMILES string of the molecule is C/C=C/C=C/[C@H]1C(C(=O)OCC)=CCN1[S@@+]([O-])CCCC. The van der Waals surface area contributed by atoms with Crippen molar-refractivity contribution < 1.29 is 14.1 Å². The second-order valence-corrected chi connectivity index (χ2v) is 6.23. The molecule has 0 amide bonds. The molecule has 0 aromatic carbocycles. The number of ether oxygens (including phenoxy) is 1. The Morgan fingerprint density at radius 2 is 2.29 bits per heavy atom. The molecule has 1 aliphatic rings. The second kappa shape index (κ2) is 9.82. The highest BCUT2D eigenvalue weighted by Gasteiger charge is 2.37. The molecule has 0 radical (unpaired) electrons. The minimum atomic E-state index is -1.07. The van der Waals surface area contributed by atoms with Crippen LogP contribution >= 0.6 is 0 Å². The summed E-state index contributed by atoms with van der Waals surface area (Å²) in [6.07, 6.45) is 11.4. The Bertz CT molecular complexity index is 418. The number of hydrogen-bond acceptors (Lipinski definition) is 4. The number of nitrogens with zero attached hydrogens (tertiary/aromatic N) is 1. The van der Waals surface area contributed by atoms with Crippen molar-refractivity contribution in [3.63, 3.8) is 0 Å². The molecule has 1 rings (SSSR count). The third-order valence-electron chi connectivity index (χ3n) is 3.16. The van der Waals surface area contributed by atoms with Crippen LogP contribution in [0.15, 0.2) is 36.0 Å². The predicted molar refractivity (Wildman–Crippen MR) is 87.1 cm³/mol. The smallest absolute Gasteiger partial charge is 0.335 e. The van der Waals surface area contributed by atoms with Crippen LogP contribution in [0.2, 0.25) is 0 Å². The molecule has 0 saturated carbocycles. The van der Waals surface area contributed by atoms with Crippen LogP contribution in [0, 0.1) is 0 Å². The lowest BCUT2D eigenvalue weighted by Gasteiger charge is -2.25. The van der Waals surface area contributed by atoms with Crippen LogP contribution in [0.4, 0.5) is 0 Å². The van der Waals surface area contributed by atoms with Gasteiger partial charge in [-0.25, -0.2) is 4.79 Å². The first-order valence-corrected chi connectivity index (χ1v) is 8.75. The van der Waals surface area contributed by atoms with E-state index in [1.807, 2.05) is 41.6 Å². The summed E-state index contributed by atoms with van der Waals surface area (Å²) >= 11 is -1.07. The first-order valence-electron chi connectivity index (χ1n) is 7.47. The van der Waals surface area contributed by atoms with E-state index in [-0.39, 0.29) is 12.0 Å². The highest BCUT2D eigenvalue weighted by atomic mass is 32.2. The van der Waals surface area contributed by atoms with Crippen LogP contribution in [0.5, 0.6) is 0 Å². The second-order valence-electron chi connectivity index (χ2n) is 4.71. The first-order chi connectivity index (χ1) is 10.2. The molecule has 0 saturated heterocycles. The summed E-state index contributed by atoms with van der Waals surface area (Å²) < 4.78 is 19.3. The highest BCUT2D eigenvalue weighted by Crippen LogP contribution is 2.25. The van der Waals surface area contributed by atoms with E-state index in [0.717, 1.165) is 12.8 Å². The van der Waals surface area contributed by atoms with Gasteiger partial charge in [0.25, 0.3) is 0 Å². The van der Waals surface area contributed by atoms with Crippen LogP contribution in [0.3, 0.4) is 0 Å². The zero-order valence-electron chi connectivity index (χ0n) is 13.1. The van der Waals surface area contributed by atoms with Gasteiger partial charge < -0.3 is 9.29 Å². The van der Waals surface area contributed by atoms with Crippen molar-refractivity contribution in [1.29, 1.82) is 0 Å². The third kappa shape index (κ3) is 5.34. The van der Waals surface area contributed by atoms with E-state index in [1.165, 1.54) is 0 Å². The molecule has 5 heteroatoms. The van der Waals surface area contributed by atoms with Gasteiger partial charge in [0.15, 0.2) is 0 Å². The summed E-state index contributed by atoms with van der Waals surface area (Å²) in [6, 6.07) is -0.266. The van der Waals surface area contributed by atoms with Crippen LogP contribution < -0.4 is 0 Å². The molecule has 21 heavy (non-hydrogen) atoms. The molecule has 118 valence electrons. The summed E-state index contributed by atoms with van der Waals surface area (Å²) in [6.45, 7) is 6.66. The molecule has 0 aromatic heterocycles. The van der Waals surface area contributed by atoms with Crippen molar-refractivity contribution in [2.45, 2.75) is 39.7 Å². The van der Waals surface area contributed by atoms with E-state index < -0.39 is 11.4 Å². The van der Waals surface area contributed by atoms with Gasteiger partial charge >= 0.3 is 5.97 Å². The number of rotatable bonds is 8. The van der Waals surface area contributed by atoms with Gasteiger partial charge in [-0.2, -0.15) is 0 Å². The molecule has 0 N–H and O–H groups in total. The fourth-order valence-electron chi connectivity index (χ4n) is 2.07. The summed E-state index contributed by atoms with van der Waals surface area (Å²) in [5.74, 6) is 0.316. The Labute approximate surface area is 130 Å². The number of carbonyl (C=O) groups excluding carboxylic acids is 1. The van der Waals surface area contributed by atoms with Gasteiger partial charge in [-0.15, -0.1) is 4.31 Å². The van der Waals surface area contributed by atoms with Crippen LogP contribution in [-0.2, 0) is 20.9 Å². The molecule has 1 aliphatic heterocycles. The van der Waals surface area contributed by atoms with Crippen molar-refractivity contribution in [3.8, 4) is 0 Å². The summed E-state index contributed by atoms with van der Waals surface area (Å²) in [5, 5.41) is 0. The fourth-order valence-corrected chi connectivity index (χ4v) is 3.52. The molecule has 2 atom stereocenters. The Morgan fingerprint density at radius 3 is 2.90 bits per heavy atom. The van der Waals surface area contributed by atoms with E-state index in [2.05, 4.69) is 6.92 Å². The fraction of sp³-hybridized carbons (Fsp3) is 0.562. The van der Waals surface area contributed by atoms with E-state index >= 15 is 0 Å². The number of hydrogen-bond donors (Lipinski definition) is 0. The van der Waals surface area contributed by atoms with Gasteiger partial charge in [-0.3, -0.25) is 0 Å². The Morgan fingerprint density at radius 1 is 1.52 bits per heavy atom. The molecule has 0 fully saturated rings. The lowest BCUT2D eigenvalue weighted by atomic mass is 10.1. The maximum Gasteiger partial charge on any atom is 0.335 e. The Kier molecular flexibility index (Phi) is 8.42. The zero-order valence-corrected chi connectivity index (χ0v) is 13.9. The Balaban J connectivity index is 2.83. The van der Waals surface area contributed by atoms with Gasteiger partial charge in [0.05, 0.1) is 18.7 Å². The van der Waals surface area contributed by atoms with Gasteiger partial charge in [-0.05, 0) is 20.3 Å². The zero-order chi connectivity index (χ0) is 15.7. The van der Waals surface area contributed by atoms with E-state index in [4.69, 9.17) is 4.74 Å². The van der Waals surface area contributed by atoms with Gasteiger partial charge in [-0.1, -0.05) is 43.7 Å². The third-order valence-corrected chi connectivity index (χ3v) is 4.70. The number of carbonyl (C=O) groups is 1. The maximum atomic E-state index is 12.4. The average molecular weight is 311 g/mol. The standard InChI is InChI=1S/C16H25NO3S/c1-4-7-9-10-15-14(16(18)20-6-3)11-12-17(15)21(19)13-8-5-2/h4,7,9-11,15H,5-6,8,12-13H2,1-3H3/b7-4+,10-9+/t15-,21-/m0/s1.